The number of carbonyl (C=O) groups is 2. The Morgan fingerprint density at radius 3 is 2.06 bits per heavy atom. The number of halogens is 7. The molecule has 1 saturated heterocycles. The zero-order chi connectivity index (χ0) is 26.0. The van der Waals surface area contributed by atoms with Crippen LogP contribution < -0.4 is 4.74 Å². The van der Waals surface area contributed by atoms with E-state index < -0.39 is 36.0 Å². The number of hydrogen-bond acceptors (Lipinski definition) is 4. The maximum atomic E-state index is 13.2. The van der Waals surface area contributed by atoms with E-state index in [0.717, 1.165) is 25.3 Å². The highest BCUT2D eigenvalue weighted by atomic mass is 35.5. The Labute approximate surface area is 195 Å². The topological polar surface area (TPSA) is 87.1 Å². The minimum atomic E-state index is -5.08. The van der Waals surface area contributed by atoms with Crippen LogP contribution in [0.15, 0.2) is 17.7 Å². The number of hydrogen-bond donors (Lipinski definition) is 2. The van der Waals surface area contributed by atoms with Gasteiger partial charge in [0.05, 0.1) is 5.57 Å². The third kappa shape index (κ3) is 6.78. The molecular weight excluding hydrogens is 496 g/mol. The second-order valence-corrected chi connectivity index (χ2v) is 8.44. The van der Waals surface area contributed by atoms with Crippen molar-refractivity contribution in [2.45, 2.75) is 70.2 Å². The van der Waals surface area contributed by atoms with Gasteiger partial charge in [-0.1, -0.05) is 18.0 Å². The molecule has 6 nitrogen and oxygen atoms in total. The Kier molecular flexibility index (Phi) is 8.52. The van der Waals surface area contributed by atoms with Gasteiger partial charge in [-0.25, -0.2) is 9.59 Å². The normalized spacial score (nSPS) is 23.1. The standard InChI is InChI=1S/C19H21ClF3NO3.C2HF3O2/c1-10-4-3-5-11(2)24(10)9-13-8-16-12(7-15(13)20)6-14(18(25)26)17(27-16)19(21,22)23;3-2(4,5)1(6)7/h6-8,10-11,17H,3-5,9H2,1-2H3,(H,25,26);(H,6,7). The van der Waals surface area contributed by atoms with Crippen molar-refractivity contribution in [1.29, 1.82) is 0 Å². The molecule has 0 aliphatic carbocycles. The van der Waals surface area contributed by atoms with Gasteiger partial charge in [0, 0.05) is 29.2 Å². The molecule has 0 amide bonds. The number of fused-ring (bicyclic) bond motifs is 1. The summed E-state index contributed by atoms with van der Waals surface area (Å²) in [6, 6.07) is 3.67. The molecule has 2 N–H and O–H groups in total. The average molecular weight is 518 g/mol. The molecule has 0 radical (unpaired) electrons. The van der Waals surface area contributed by atoms with Crippen molar-refractivity contribution < 1.29 is 50.9 Å². The molecule has 2 aliphatic rings. The van der Waals surface area contributed by atoms with Crippen molar-refractivity contribution >= 4 is 29.6 Å². The van der Waals surface area contributed by atoms with E-state index in [9.17, 15) is 31.1 Å². The molecule has 3 unspecified atom stereocenters. The predicted octanol–water partition coefficient (Wildman–Crippen LogP) is 5.53. The van der Waals surface area contributed by atoms with Crippen molar-refractivity contribution in [3.63, 3.8) is 0 Å². The van der Waals surface area contributed by atoms with Crippen LogP contribution in [0.3, 0.4) is 0 Å². The molecule has 0 spiro atoms. The smallest absolute Gasteiger partial charge is 0.478 e. The van der Waals surface area contributed by atoms with Gasteiger partial charge < -0.3 is 14.9 Å². The molecule has 3 atom stereocenters. The molecule has 2 heterocycles. The van der Waals surface area contributed by atoms with Crippen molar-refractivity contribution in [3.05, 3.63) is 33.9 Å². The fourth-order valence-electron chi connectivity index (χ4n) is 3.78. The number of carboxylic acids is 2. The molecule has 0 bridgehead atoms. The summed E-state index contributed by atoms with van der Waals surface area (Å²) in [6.45, 7) is 4.75. The van der Waals surface area contributed by atoms with Gasteiger partial charge in [0.1, 0.15) is 5.75 Å². The predicted molar refractivity (Wildman–Crippen MR) is 110 cm³/mol. The van der Waals surface area contributed by atoms with E-state index in [1.165, 1.54) is 12.1 Å². The van der Waals surface area contributed by atoms with Crippen LogP contribution in [0.25, 0.3) is 6.08 Å². The number of carboxylic acid groups (broad SMARTS) is 2. The lowest BCUT2D eigenvalue weighted by Crippen LogP contribution is -2.43. The van der Waals surface area contributed by atoms with Crippen LogP contribution in [-0.2, 0) is 16.1 Å². The van der Waals surface area contributed by atoms with Crippen molar-refractivity contribution in [3.8, 4) is 5.75 Å². The van der Waals surface area contributed by atoms with Crippen LogP contribution in [0.1, 0.15) is 44.2 Å². The lowest BCUT2D eigenvalue weighted by atomic mass is 9.96. The first kappa shape index (κ1) is 27.8. The maximum Gasteiger partial charge on any atom is 0.490 e. The summed E-state index contributed by atoms with van der Waals surface area (Å²) in [7, 11) is 0. The Morgan fingerprint density at radius 1 is 1.09 bits per heavy atom. The van der Waals surface area contributed by atoms with Gasteiger partial charge in [0.2, 0.25) is 6.10 Å². The molecule has 2 aliphatic heterocycles. The molecule has 0 aromatic heterocycles. The lowest BCUT2D eigenvalue weighted by Gasteiger charge is -2.39. The van der Waals surface area contributed by atoms with Gasteiger partial charge in [0.15, 0.2) is 0 Å². The van der Waals surface area contributed by atoms with Crippen molar-refractivity contribution in [2.24, 2.45) is 0 Å². The van der Waals surface area contributed by atoms with Gasteiger partial charge >= 0.3 is 24.3 Å². The SMILES string of the molecule is CC1CCCC(C)N1Cc1cc2c(cc1Cl)C=C(C(=O)O)C(C(F)(F)F)O2.O=C(O)C(F)(F)F. The second-order valence-electron chi connectivity index (χ2n) is 8.03. The number of aliphatic carboxylic acids is 2. The third-order valence-electron chi connectivity index (χ3n) is 5.53. The van der Waals surface area contributed by atoms with Gasteiger partial charge in [-0.2, -0.15) is 26.3 Å². The summed E-state index contributed by atoms with van der Waals surface area (Å²) in [6.07, 6.45) is -8.15. The highest BCUT2D eigenvalue weighted by molar-refractivity contribution is 6.31. The quantitative estimate of drug-likeness (QED) is 0.513. The first-order valence-corrected chi connectivity index (χ1v) is 10.5. The van der Waals surface area contributed by atoms with E-state index in [1.807, 2.05) is 0 Å². The minimum absolute atomic E-state index is 0.000888. The van der Waals surface area contributed by atoms with Crippen LogP contribution in [-0.4, -0.2) is 57.6 Å². The number of ether oxygens (including phenoxy) is 1. The molecule has 0 saturated carbocycles. The summed E-state index contributed by atoms with van der Waals surface area (Å²) >= 11 is 6.35. The lowest BCUT2D eigenvalue weighted by molar-refractivity contribution is -0.192. The first-order valence-electron chi connectivity index (χ1n) is 10.1. The number of benzene rings is 1. The molecule has 1 aromatic rings. The second kappa shape index (κ2) is 10.4. The van der Waals surface area contributed by atoms with Crippen molar-refractivity contribution in [1.82, 2.24) is 4.90 Å². The van der Waals surface area contributed by atoms with Gasteiger partial charge in [-0.05, 0) is 50.5 Å². The molecule has 1 aromatic carbocycles. The van der Waals surface area contributed by atoms with Crippen LogP contribution in [0.4, 0.5) is 26.3 Å². The van der Waals surface area contributed by atoms with E-state index in [1.54, 1.807) is 0 Å². The van der Waals surface area contributed by atoms with Gasteiger partial charge in [0.25, 0.3) is 0 Å². The summed E-state index contributed by atoms with van der Waals surface area (Å²) in [5, 5.41) is 16.6. The summed E-state index contributed by atoms with van der Waals surface area (Å²) in [5.41, 5.74) is 0.0580. The maximum absolute atomic E-state index is 13.2. The van der Waals surface area contributed by atoms with Crippen LogP contribution in [0.2, 0.25) is 5.02 Å². The zero-order valence-electron chi connectivity index (χ0n) is 18.0. The van der Waals surface area contributed by atoms with E-state index in [2.05, 4.69) is 18.7 Å². The molecule has 190 valence electrons. The number of nitrogens with zero attached hydrogens (tertiary/aromatic N) is 1. The Bertz CT molecular complexity index is 952. The van der Waals surface area contributed by atoms with Gasteiger partial charge in [-0.15, -0.1) is 0 Å². The first-order chi connectivity index (χ1) is 15.5. The Balaban J connectivity index is 0.000000509. The average Bonchev–Trinajstić information content (AvgIpc) is 2.69. The Hall–Kier alpha value is -2.47. The summed E-state index contributed by atoms with van der Waals surface area (Å²) in [4.78, 5) is 22.4. The summed E-state index contributed by atoms with van der Waals surface area (Å²) in [5.74, 6) is -4.43. The number of likely N-dealkylation sites (tertiary alicyclic amines) is 1. The monoisotopic (exact) mass is 517 g/mol. The van der Waals surface area contributed by atoms with Crippen LogP contribution in [0, 0.1) is 0 Å². The molecule has 3 rings (SSSR count). The largest absolute Gasteiger partial charge is 0.490 e. The molecule has 1 fully saturated rings. The highest BCUT2D eigenvalue weighted by Gasteiger charge is 2.48. The fraction of sp³-hybridized carbons (Fsp3) is 0.524. The third-order valence-corrected chi connectivity index (χ3v) is 5.88. The van der Waals surface area contributed by atoms with Crippen LogP contribution >= 0.6 is 11.6 Å². The van der Waals surface area contributed by atoms with Crippen molar-refractivity contribution in [2.75, 3.05) is 0 Å². The highest BCUT2D eigenvalue weighted by Crippen LogP contribution is 2.40. The minimum Gasteiger partial charge on any atom is -0.478 e. The summed E-state index contributed by atoms with van der Waals surface area (Å²) < 4.78 is 76.5. The Morgan fingerprint density at radius 2 is 1.62 bits per heavy atom. The zero-order valence-corrected chi connectivity index (χ0v) is 18.8. The number of rotatable bonds is 3. The number of alkyl halides is 6. The van der Waals surface area contributed by atoms with E-state index >= 15 is 0 Å². The fourth-order valence-corrected chi connectivity index (χ4v) is 4.01. The van der Waals surface area contributed by atoms with Gasteiger partial charge in [-0.3, -0.25) is 4.90 Å². The molecule has 34 heavy (non-hydrogen) atoms. The van der Waals surface area contributed by atoms with E-state index in [0.29, 0.717) is 29.2 Å². The molecule has 13 heteroatoms. The molecular formula is C21H22ClF6NO5. The number of piperidine rings is 1. The van der Waals surface area contributed by atoms with Crippen LogP contribution in [0.5, 0.6) is 5.75 Å². The van der Waals surface area contributed by atoms with E-state index in [4.69, 9.17) is 31.3 Å². The van der Waals surface area contributed by atoms with E-state index in [-0.39, 0.29) is 11.3 Å².